The molecule has 0 heterocycles. The number of carbonyl (C=O) groups excluding carboxylic acids is 3. The largest absolute Gasteiger partial charge is 0.462 e. The average Bonchev–Trinajstić information content (AvgIpc) is 3.28. The van der Waals surface area contributed by atoms with Crippen LogP contribution in [0.3, 0.4) is 0 Å². The van der Waals surface area contributed by atoms with Crippen molar-refractivity contribution >= 4 is 17.9 Å². The van der Waals surface area contributed by atoms with Crippen LogP contribution in [0, 0.1) is 0 Å². The highest BCUT2D eigenvalue weighted by Gasteiger charge is 2.19. The maximum Gasteiger partial charge on any atom is 0.306 e. The van der Waals surface area contributed by atoms with E-state index in [1.165, 1.54) is 116 Å². The number of ether oxygens (including phenoxy) is 3. The highest BCUT2D eigenvalue weighted by molar-refractivity contribution is 5.71. The average molecular weight is 881 g/mol. The predicted octanol–water partition coefficient (Wildman–Crippen LogP) is 17.6. The molecule has 0 saturated carbocycles. The smallest absolute Gasteiger partial charge is 0.306 e. The maximum absolute atomic E-state index is 12.8. The Balaban J connectivity index is 4.35. The molecule has 0 aromatic heterocycles. The second kappa shape index (κ2) is 51.7. The van der Waals surface area contributed by atoms with Crippen LogP contribution in [0.2, 0.25) is 0 Å². The van der Waals surface area contributed by atoms with Crippen molar-refractivity contribution in [1.82, 2.24) is 0 Å². The van der Waals surface area contributed by atoms with Crippen LogP contribution in [0.1, 0.15) is 265 Å². The van der Waals surface area contributed by atoms with Gasteiger partial charge in [-0.25, -0.2) is 0 Å². The van der Waals surface area contributed by atoms with Crippen molar-refractivity contribution in [2.75, 3.05) is 13.2 Å². The first kappa shape index (κ1) is 60.1. The Morgan fingerprint density at radius 2 is 0.619 bits per heavy atom. The lowest BCUT2D eigenvalue weighted by molar-refractivity contribution is -0.167. The van der Waals surface area contributed by atoms with Gasteiger partial charge < -0.3 is 14.2 Å². The van der Waals surface area contributed by atoms with Crippen LogP contribution in [0.15, 0.2) is 60.8 Å². The van der Waals surface area contributed by atoms with Gasteiger partial charge in [-0.1, -0.05) is 242 Å². The predicted molar refractivity (Wildman–Crippen MR) is 270 cm³/mol. The van der Waals surface area contributed by atoms with Crippen molar-refractivity contribution in [2.24, 2.45) is 0 Å². The van der Waals surface area contributed by atoms with Gasteiger partial charge in [0.2, 0.25) is 0 Å². The van der Waals surface area contributed by atoms with Gasteiger partial charge in [0.1, 0.15) is 13.2 Å². The second-order valence-corrected chi connectivity index (χ2v) is 17.8. The summed E-state index contributed by atoms with van der Waals surface area (Å²) >= 11 is 0. The molecule has 0 rings (SSSR count). The minimum Gasteiger partial charge on any atom is -0.462 e. The van der Waals surface area contributed by atoms with Crippen LogP contribution in [0.4, 0.5) is 0 Å². The third kappa shape index (κ3) is 50.0. The van der Waals surface area contributed by atoms with Crippen LogP contribution in [-0.4, -0.2) is 37.2 Å². The summed E-state index contributed by atoms with van der Waals surface area (Å²) in [5.41, 5.74) is 0. The first-order valence-electron chi connectivity index (χ1n) is 26.8. The van der Waals surface area contributed by atoms with E-state index in [0.29, 0.717) is 19.3 Å². The number of rotatable bonds is 48. The van der Waals surface area contributed by atoms with E-state index >= 15 is 0 Å². The molecule has 6 nitrogen and oxygen atoms in total. The van der Waals surface area contributed by atoms with Crippen molar-refractivity contribution in [3.8, 4) is 0 Å². The molecule has 6 heteroatoms. The minimum atomic E-state index is -0.777. The number of hydrogen-bond donors (Lipinski definition) is 0. The van der Waals surface area contributed by atoms with Gasteiger partial charge in [0.05, 0.1) is 0 Å². The lowest BCUT2D eigenvalue weighted by Crippen LogP contribution is -2.30. The third-order valence-electron chi connectivity index (χ3n) is 11.5. The molecule has 0 saturated heterocycles. The normalized spacial score (nSPS) is 12.5. The lowest BCUT2D eigenvalue weighted by atomic mass is 10.0. The Kier molecular flexibility index (Phi) is 49.4. The van der Waals surface area contributed by atoms with Gasteiger partial charge >= 0.3 is 17.9 Å². The molecular formula is C57H100O6. The van der Waals surface area contributed by atoms with E-state index in [0.717, 1.165) is 109 Å². The molecular weight excluding hydrogens is 781 g/mol. The summed E-state index contributed by atoms with van der Waals surface area (Å²) < 4.78 is 16.8. The minimum absolute atomic E-state index is 0.0769. The van der Waals surface area contributed by atoms with Crippen molar-refractivity contribution < 1.29 is 28.6 Å². The SMILES string of the molecule is CC/C=C\C/C=C\C/C=C\C/C=C\C/C=C\CCCCCCCC(=O)OCC(COC(=O)CCCCCCCCCCCCCC)OC(=O)CCCCCCCCCCCCCC. The molecule has 0 radical (unpaired) electrons. The molecule has 0 aromatic carbocycles. The molecule has 0 aromatic rings. The first-order chi connectivity index (χ1) is 31.0. The van der Waals surface area contributed by atoms with Gasteiger partial charge in [0.15, 0.2) is 6.10 Å². The Bertz CT molecular complexity index is 1150. The van der Waals surface area contributed by atoms with Crippen LogP contribution < -0.4 is 0 Å². The van der Waals surface area contributed by atoms with Gasteiger partial charge in [-0.2, -0.15) is 0 Å². The van der Waals surface area contributed by atoms with Gasteiger partial charge in [-0.3, -0.25) is 14.4 Å². The number of unbranched alkanes of at least 4 members (excludes halogenated alkanes) is 27. The van der Waals surface area contributed by atoms with Crippen molar-refractivity contribution in [3.63, 3.8) is 0 Å². The first-order valence-corrected chi connectivity index (χ1v) is 26.8. The third-order valence-corrected chi connectivity index (χ3v) is 11.5. The lowest BCUT2D eigenvalue weighted by Gasteiger charge is -2.18. The van der Waals surface area contributed by atoms with E-state index in [4.69, 9.17) is 14.2 Å². The Morgan fingerprint density at radius 1 is 0.333 bits per heavy atom. The molecule has 0 aliphatic carbocycles. The molecule has 0 aliphatic heterocycles. The Morgan fingerprint density at radius 3 is 0.968 bits per heavy atom. The topological polar surface area (TPSA) is 78.9 Å². The fourth-order valence-corrected chi connectivity index (χ4v) is 7.53. The van der Waals surface area contributed by atoms with E-state index in [9.17, 15) is 14.4 Å². The second-order valence-electron chi connectivity index (χ2n) is 17.8. The van der Waals surface area contributed by atoms with Gasteiger partial charge in [-0.05, 0) is 64.2 Å². The molecule has 0 fully saturated rings. The highest BCUT2D eigenvalue weighted by atomic mass is 16.6. The fourth-order valence-electron chi connectivity index (χ4n) is 7.53. The summed E-state index contributed by atoms with van der Waals surface area (Å²) in [5.74, 6) is -0.889. The number of esters is 3. The Labute approximate surface area is 390 Å². The number of hydrogen-bond acceptors (Lipinski definition) is 6. The van der Waals surface area contributed by atoms with Gasteiger partial charge in [-0.15, -0.1) is 0 Å². The van der Waals surface area contributed by atoms with Gasteiger partial charge in [0, 0.05) is 19.3 Å². The van der Waals surface area contributed by atoms with Crippen molar-refractivity contribution in [1.29, 1.82) is 0 Å². The molecule has 1 atom stereocenters. The molecule has 1 unspecified atom stereocenters. The molecule has 0 N–H and O–H groups in total. The summed E-state index contributed by atoms with van der Waals surface area (Å²) in [7, 11) is 0. The van der Waals surface area contributed by atoms with E-state index in [-0.39, 0.29) is 31.1 Å². The quantitative estimate of drug-likeness (QED) is 0.0262. The molecule has 0 spiro atoms. The van der Waals surface area contributed by atoms with E-state index in [1.54, 1.807) is 0 Å². The Hall–Kier alpha value is -2.89. The number of allylic oxidation sites excluding steroid dienone is 10. The fraction of sp³-hybridized carbons (Fsp3) is 0.772. The van der Waals surface area contributed by atoms with Crippen LogP contribution >= 0.6 is 0 Å². The standard InChI is InChI=1S/C57H100O6/c1-4-7-10-13-16-19-22-25-26-27-28-29-30-31-32-33-36-38-41-44-47-50-56(59)62-53-54(63-57(60)51-48-45-42-39-35-24-21-18-15-12-9-6-3)52-61-55(58)49-46-43-40-37-34-23-20-17-14-11-8-5-2/h7,10,16,19,25-26,28-29,31-32,54H,4-6,8-9,11-15,17-18,20-24,27,30,33-53H2,1-3H3/b10-7-,19-16-,26-25-,29-28-,32-31-. The molecule has 63 heavy (non-hydrogen) atoms. The van der Waals surface area contributed by atoms with Gasteiger partial charge in [0.25, 0.3) is 0 Å². The maximum atomic E-state index is 12.8. The zero-order valence-corrected chi connectivity index (χ0v) is 41.6. The highest BCUT2D eigenvalue weighted by Crippen LogP contribution is 2.15. The summed E-state index contributed by atoms with van der Waals surface area (Å²) in [6.45, 7) is 6.52. The van der Waals surface area contributed by atoms with Crippen molar-refractivity contribution in [2.45, 2.75) is 271 Å². The van der Waals surface area contributed by atoms with Crippen LogP contribution in [0.5, 0.6) is 0 Å². The summed E-state index contributed by atoms with van der Waals surface area (Å²) in [6.07, 6.45) is 63.4. The van der Waals surface area contributed by atoms with E-state index in [1.807, 2.05) is 0 Å². The van der Waals surface area contributed by atoms with Crippen LogP contribution in [-0.2, 0) is 28.6 Å². The summed E-state index contributed by atoms with van der Waals surface area (Å²) in [5, 5.41) is 0. The molecule has 0 bridgehead atoms. The zero-order chi connectivity index (χ0) is 45.8. The molecule has 364 valence electrons. The van der Waals surface area contributed by atoms with E-state index in [2.05, 4.69) is 81.5 Å². The van der Waals surface area contributed by atoms with Crippen LogP contribution in [0.25, 0.3) is 0 Å². The number of carbonyl (C=O) groups is 3. The molecule has 0 aliphatic rings. The van der Waals surface area contributed by atoms with Crippen molar-refractivity contribution in [3.05, 3.63) is 60.8 Å². The summed E-state index contributed by atoms with van der Waals surface area (Å²) in [6, 6.07) is 0. The monoisotopic (exact) mass is 881 g/mol. The van der Waals surface area contributed by atoms with E-state index < -0.39 is 6.10 Å². The molecule has 0 amide bonds. The zero-order valence-electron chi connectivity index (χ0n) is 41.6. The summed E-state index contributed by atoms with van der Waals surface area (Å²) in [4.78, 5) is 38.0.